The minimum atomic E-state index is -5.47. The van der Waals surface area contributed by atoms with E-state index in [1.165, 1.54) is 0 Å². The second-order valence-electron chi connectivity index (χ2n) is 6.92. The fourth-order valence-corrected chi connectivity index (χ4v) is 4.99. The quantitative estimate of drug-likeness (QED) is 0.655. The lowest BCUT2D eigenvalue weighted by Crippen LogP contribution is -2.49. The third-order valence-electron chi connectivity index (χ3n) is 5.08. The molecule has 0 radical (unpaired) electrons. The van der Waals surface area contributed by atoms with Crippen LogP contribution in [-0.4, -0.2) is 30.8 Å². The van der Waals surface area contributed by atoms with Gasteiger partial charge in [-0.25, -0.2) is 8.42 Å². The van der Waals surface area contributed by atoms with Gasteiger partial charge in [-0.3, -0.25) is 0 Å². The van der Waals surface area contributed by atoms with Gasteiger partial charge in [-0.15, -0.1) is 0 Å². The molecule has 0 saturated carbocycles. The lowest BCUT2D eigenvalue weighted by Gasteiger charge is -2.38. The molecule has 1 aliphatic heterocycles. The molecular weight excluding hydrogens is 399 g/mol. The van der Waals surface area contributed by atoms with Crippen molar-refractivity contribution in [2.75, 3.05) is 6.54 Å². The maximum atomic E-state index is 13.4. The Morgan fingerprint density at radius 3 is 2.10 bits per heavy atom. The smallest absolute Gasteiger partial charge is 0.203 e. The zero-order valence-corrected chi connectivity index (χ0v) is 17.0. The molecule has 3 nitrogen and oxygen atoms in total. The van der Waals surface area contributed by atoms with Crippen LogP contribution >= 0.6 is 0 Å². The van der Waals surface area contributed by atoms with Gasteiger partial charge in [0.2, 0.25) is 0 Å². The number of sulfonamides is 1. The molecule has 0 N–H and O–H groups in total. The summed E-state index contributed by atoms with van der Waals surface area (Å²) in [4.78, 5) is 0. The van der Waals surface area contributed by atoms with E-state index in [-0.39, 0.29) is 13.0 Å². The molecule has 7 heteroatoms. The standard InChI is InChI=1S/C22H22F3NO2S/c1-3-20-16(2)21(18-12-8-5-9-13-18)19(14-17-10-6-4-7-11-17)15-26(20)29(27,28)22(23,24)25/h4-14,20H,3,15H2,1-2H3/b19-14+/t20-/m1/s1. The van der Waals surface area contributed by atoms with Crippen LogP contribution in [0.2, 0.25) is 0 Å². The number of hydrogen-bond acceptors (Lipinski definition) is 2. The van der Waals surface area contributed by atoms with Crippen molar-refractivity contribution in [1.82, 2.24) is 4.31 Å². The van der Waals surface area contributed by atoms with Crippen LogP contribution in [0, 0.1) is 0 Å². The molecule has 1 heterocycles. The van der Waals surface area contributed by atoms with Crippen LogP contribution < -0.4 is 0 Å². The molecule has 154 valence electrons. The second kappa shape index (κ2) is 8.16. The van der Waals surface area contributed by atoms with E-state index >= 15 is 0 Å². The molecule has 0 spiro atoms. The largest absolute Gasteiger partial charge is 0.511 e. The fourth-order valence-electron chi connectivity index (χ4n) is 3.77. The summed E-state index contributed by atoms with van der Waals surface area (Å²) in [6.45, 7) is 3.08. The average molecular weight is 421 g/mol. The summed E-state index contributed by atoms with van der Waals surface area (Å²) in [6, 6.07) is 17.7. The number of nitrogens with zero attached hydrogens (tertiary/aromatic N) is 1. The molecule has 2 aromatic carbocycles. The van der Waals surface area contributed by atoms with Crippen LogP contribution in [0.25, 0.3) is 11.6 Å². The lowest BCUT2D eigenvalue weighted by molar-refractivity contribution is -0.0495. The molecule has 29 heavy (non-hydrogen) atoms. The van der Waals surface area contributed by atoms with Gasteiger partial charge in [0.1, 0.15) is 0 Å². The van der Waals surface area contributed by atoms with Crippen LogP contribution in [0.4, 0.5) is 13.2 Å². The maximum Gasteiger partial charge on any atom is 0.511 e. The highest BCUT2D eigenvalue weighted by Crippen LogP contribution is 2.41. The Balaban J connectivity index is 2.24. The van der Waals surface area contributed by atoms with Gasteiger partial charge in [0.25, 0.3) is 0 Å². The van der Waals surface area contributed by atoms with Gasteiger partial charge in [0, 0.05) is 12.6 Å². The number of rotatable bonds is 4. The summed E-state index contributed by atoms with van der Waals surface area (Å²) >= 11 is 0. The van der Waals surface area contributed by atoms with Gasteiger partial charge in [-0.2, -0.15) is 17.5 Å². The summed E-state index contributed by atoms with van der Waals surface area (Å²) in [7, 11) is -5.47. The Morgan fingerprint density at radius 2 is 1.59 bits per heavy atom. The predicted molar refractivity (Wildman–Crippen MR) is 109 cm³/mol. The van der Waals surface area contributed by atoms with Crippen molar-refractivity contribution >= 4 is 21.7 Å². The minimum Gasteiger partial charge on any atom is -0.203 e. The van der Waals surface area contributed by atoms with E-state index in [4.69, 9.17) is 0 Å². The Morgan fingerprint density at radius 1 is 1.03 bits per heavy atom. The first-order valence-electron chi connectivity index (χ1n) is 9.27. The molecule has 3 rings (SSSR count). The predicted octanol–water partition coefficient (Wildman–Crippen LogP) is 5.49. The Kier molecular flexibility index (Phi) is 6.00. The monoisotopic (exact) mass is 421 g/mol. The summed E-state index contributed by atoms with van der Waals surface area (Å²) in [5.41, 5.74) is -1.74. The topological polar surface area (TPSA) is 37.4 Å². The molecule has 2 aromatic rings. The average Bonchev–Trinajstić information content (AvgIpc) is 2.68. The van der Waals surface area contributed by atoms with Gasteiger partial charge in [-0.1, -0.05) is 67.6 Å². The van der Waals surface area contributed by atoms with Gasteiger partial charge in [0.15, 0.2) is 0 Å². The summed E-state index contributed by atoms with van der Waals surface area (Å²) in [6.07, 6.45) is 2.01. The van der Waals surface area contributed by atoms with Crippen molar-refractivity contribution < 1.29 is 21.6 Å². The van der Waals surface area contributed by atoms with Crippen molar-refractivity contribution in [3.63, 3.8) is 0 Å². The van der Waals surface area contributed by atoms with Crippen molar-refractivity contribution in [3.05, 3.63) is 82.9 Å². The molecule has 0 bridgehead atoms. The SMILES string of the molecule is CC[C@@H]1C(C)=C(c2ccccc2)/C(=C/c2ccccc2)CN1S(=O)(=O)C(F)(F)F. The summed E-state index contributed by atoms with van der Waals surface area (Å²) in [5.74, 6) is 0. The number of halogens is 3. The van der Waals surface area contributed by atoms with E-state index in [0.717, 1.165) is 16.7 Å². The van der Waals surface area contributed by atoms with Crippen LogP contribution in [0.1, 0.15) is 31.4 Å². The lowest BCUT2D eigenvalue weighted by atomic mass is 9.85. The van der Waals surface area contributed by atoms with E-state index in [1.54, 1.807) is 19.9 Å². The van der Waals surface area contributed by atoms with Gasteiger partial charge in [0.05, 0.1) is 0 Å². The zero-order chi connectivity index (χ0) is 21.2. The third-order valence-corrected chi connectivity index (χ3v) is 6.67. The number of benzene rings is 2. The maximum absolute atomic E-state index is 13.4. The Bertz CT molecular complexity index is 1030. The van der Waals surface area contributed by atoms with E-state index in [2.05, 4.69) is 0 Å². The normalized spacial score (nSPS) is 20.3. The van der Waals surface area contributed by atoms with E-state index in [0.29, 0.717) is 15.5 Å². The highest BCUT2D eigenvalue weighted by atomic mass is 32.2. The number of alkyl halides is 3. The summed E-state index contributed by atoms with van der Waals surface area (Å²) in [5, 5.41) is 0. The van der Waals surface area contributed by atoms with Crippen molar-refractivity contribution in [2.24, 2.45) is 0 Å². The highest BCUT2D eigenvalue weighted by molar-refractivity contribution is 7.90. The fraction of sp³-hybridized carbons (Fsp3) is 0.273. The molecule has 0 saturated heterocycles. The van der Waals surface area contributed by atoms with E-state index in [9.17, 15) is 21.6 Å². The van der Waals surface area contributed by atoms with Crippen molar-refractivity contribution in [1.29, 1.82) is 0 Å². The molecule has 0 unspecified atom stereocenters. The molecule has 0 amide bonds. The minimum absolute atomic E-state index is 0.246. The van der Waals surface area contributed by atoms with Crippen molar-refractivity contribution in [2.45, 2.75) is 31.8 Å². The van der Waals surface area contributed by atoms with Crippen LogP contribution in [0.15, 0.2) is 71.8 Å². The zero-order valence-electron chi connectivity index (χ0n) is 16.1. The molecular formula is C22H22F3NO2S. The molecule has 0 aromatic heterocycles. The molecule has 0 fully saturated rings. The summed E-state index contributed by atoms with van der Waals surface area (Å²) < 4.78 is 65.3. The molecule has 1 aliphatic rings. The van der Waals surface area contributed by atoms with E-state index < -0.39 is 21.6 Å². The first-order valence-corrected chi connectivity index (χ1v) is 10.7. The second-order valence-corrected chi connectivity index (χ2v) is 8.81. The van der Waals surface area contributed by atoms with Crippen molar-refractivity contribution in [3.8, 4) is 0 Å². The molecule has 1 atom stereocenters. The highest BCUT2D eigenvalue weighted by Gasteiger charge is 2.53. The van der Waals surface area contributed by atoms with Gasteiger partial charge < -0.3 is 0 Å². The first kappa shape index (κ1) is 21.3. The van der Waals surface area contributed by atoms with Crippen LogP contribution in [0.5, 0.6) is 0 Å². The van der Waals surface area contributed by atoms with Crippen LogP contribution in [-0.2, 0) is 10.0 Å². The third kappa shape index (κ3) is 4.16. The Labute approximate surface area is 169 Å². The first-order chi connectivity index (χ1) is 13.7. The van der Waals surface area contributed by atoms with Gasteiger partial charge >= 0.3 is 15.5 Å². The van der Waals surface area contributed by atoms with Crippen LogP contribution in [0.3, 0.4) is 0 Å². The Hall–Kier alpha value is -2.38. The van der Waals surface area contributed by atoms with Gasteiger partial charge in [-0.05, 0) is 47.3 Å². The molecule has 0 aliphatic carbocycles. The van der Waals surface area contributed by atoms with E-state index in [1.807, 2.05) is 60.7 Å². The number of hydrogen-bond donors (Lipinski definition) is 0.